The number of nitrogens with zero attached hydrogens (tertiary/aromatic N) is 3. The van der Waals surface area contributed by atoms with E-state index in [1.165, 1.54) is 30.3 Å². The van der Waals surface area contributed by atoms with Gasteiger partial charge in [-0.2, -0.15) is 0 Å². The highest BCUT2D eigenvalue weighted by molar-refractivity contribution is 7.98. The van der Waals surface area contributed by atoms with E-state index in [0.29, 0.717) is 32.5 Å². The van der Waals surface area contributed by atoms with Crippen LogP contribution < -0.4 is 5.32 Å². The average Bonchev–Trinajstić information content (AvgIpc) is 3.20. The SMILES string of the molecule is O=C(NCc1nnc(SCc2ccc(F)cc2)n1-c1ccc(Cl)cc1Cl)C1CCCCC1. The van der Waals surface area contributed by atoms with E-state index in [2.05, 4.69) is 15.5 Å². The molecule has 32 heavy (non-hydrogen) atoms. The number of rotatable bonds is 7. The number of amides is 1. The van der Waals surface area contributed by atoms with Crippen LogP contribution in [0.2, 0.25) is 10.0 Å². The highest BCUT2D eigenvalue weighted by Gasteiger charge is 2.23. The summed E-state index contributed by atoms with van der Waals surface area (Å²) in [5, 5.41) is 13.3. The molecule has 0 unspecified atom stereocenters. The second-order valence-electron chi connectivity index (χ2n) is 7.80. The number of thioether (sulfide) groups is 1. The van der Waals surface area contributed by atoms with E-state index in [9.17, 15) is 9.18 Å². The number of carbonyl (C=O) groups is 1. The zero-order valence-corrected chi connectivity index (χ0v) is 19.7. The summed E-state index contributed by atoms with van der Waals surface area (Å²) in [6.07, 6.45) is 5.25. The zero-order valence-electron chi connectivity index (χ0n) is 17.4. The van der Waals surface area contributed by atoms with Gasteiger partial charge in [0.25, 0.3) is 0 Å². The molecule has 1 aromatic heterocycles. The molecule has 1 amide bonds. The summed E-state index contributed by atoms with van der Waals surface area (Å²) in [6.45, 7) is 0.248. The van der Waals surface area contributed by atoms with Crippen LogP contribution in [0.15, 0.2) is 47.6 Å². The van der Waals surface area contributed by atoms with Crippen LogP contribution in [0, 0.1) is 11.7 Å². The second-order valence-corrected chi connectivity index (χ2v) is 9.58. The molecule has 4 rings (SSSR count). The molecule has 1 saturated carbocycles. The van der Waals surface area contributed by atoms with Gasteiger partial charge in [-0.15, -0.1) is 10.2 Å². The van der Waals surface area contributed by atoms with Crippen molar-refractivity contribution in [2.24, 2.45) is 5.92 Å². The Kier molecular flexibility index (Phi) is 7.71. The molecule has 3 aromatic rings. The minimum atomic E-state index is -0.272. The van der Waals surface area contributed by atoms with Crippen molar-refractivity contribution in [3.63, 3.8) is 0 Å². The molecule has 1 fully saturated rings. The molecule has 5 nitrogen and oxygen atoms in total. The molecule has 0 aliphatic heterocycles. The first-order valence-electron chi connectivity index (χ1n) is 10.6. The van der Waals surface area contributed by atoms with Crippen molar-refractivity contribution in [3.05, 3.63) is 69.7 Å². The Morgan fingerprint density at radius 1 is 1.09 bits per heavy atom. The molecule has 0 radical (unpaired) electrons. The van der Waals surface area contributed by atoms with Crippen LogP contribution in [0.3, 0.4) is 0 Å². The van der Waals surface area contributed by atoms with Crippen molar-refractivity contribution in [1.82, 2.24) is 20.1 Å². The van der Waals surface area contributed by atoms with E-state index >= 15 is 0 Å². The smallest absolute Gasteiger partial charge is 0.223 e. The van der Waals surface area contributed by atoms with Gasteiger partial charge in [-0.25, -0.2) is 4.39 Å². The summed E-state index contributed by atoms with van der Waals surface area (Å²) < 4.78 is 15.0. The molecule has 0 bridgehead atoms. The fourth-order valence-electron chi connectivity index (χ4n) is 3.82. The maximum Gasteiger partial charge on any atom is 0.223 e. The van der Waals surface area contributed by atoms with E-state index in [1.54, 1.807) is 24.3 Å². The van der Waals surface area contributed by atoms with Gasteiger partial charge in [0.05, 0.1) is 17.3 Å². The maximum absolute atomic E-state index is 13.2. The number of benzene rings is 2. The van der Waals surface area contributed by atoms with Gasteiger partial charge >= 0.3 is 0 Å². The lowest BCUT2D eigenvalue weighted by Crippen LogP contribution is -2.32. The minimum absolute atomic E-state index is 0.0574. The molecular weight excluding hydrogens is 470 g/mol. The molecule has 1 heterocycles. The first kappa shape index (κ1) is 23.1. The second kappa shape index (κ2) is 10.7. The number of aromatic nitrogens is 3. The maximum atomic E-state index is 13.2. The molecule has 1 aliphatic carbocycles. The predicted octanol–water partition coefficient (Wildman–Crippen LogP) is 6.20. The molecule has 168 valence electrons. The lowest BCUT2D eigenvalue weighted by molar-refractivity contribution is -0.126. The van der Waals surface area contributed by atoms with Gasteiger partial charge in [0.1, 0.15) is 5.82 Å². The summed E-state index contributed by atoms with van der Waals surface area (Å²) in [5.74, 6) is 1.01. The normalized spacial score (nSPS) is 14.5. The van der Waals surface area contributed by atoms with Crippen LogP contribution in [0.4, 0.5) is 4.39 Å². The monoisotopic (exact) mass is 492 g/mol. The fourth-order valence-corrected chi connectivity index (χ4v) is 5.23. The van der Waals surface area contributed by atoms with E-state index in [0.717, 1.165) is 31.2 Å². The highest BCUT2D eigenvalue weighted by Crippen LogP contribution is 2.31. The Balaban J connectivity index is 1.56. The average molecular weight is 493 g/mol. The van der Waals surface area contributed by atoms with Crippen molar-refractivity contribution in [2.45, 2.75) is 49.6 Å². The van der Waals surface area contributed by atoms with Crippen LogP contribution >= 0.6 is 35.0 Å². The van der Waals surface area contributed by atoms with Crippen LogP contribution in [0.25, 0.3) is 5.69 Å². The first-order chi connectivity index (χ1) is 15.5. The third-order valence-electron chi connectivity index (χ3n) is 5.53. The Bertz CT molecular complexity index is 1080. The van der Waals surface area contributed by atoms with Crippen molar-refractivity contribution >= 4 is 40.9 Å². The van der Waals surface area contributed by atoms with Gasteiger partial charge in [-0.05, 0) is 48.7 Å². The van der Waals surface area contributed by atoms with Gasteiger partial charge in [0.15, 0.2) is 11.0 Å². The number of carbonyl (C=O) groups excluding carboxylic acids is 1. The summed E-state index contributed by atoms with van der Waals surface area (Å²) in [4.78, 5) is 12.6. The van der Waals surface area contributed by atoms with Crippen LogP contribution in [-0.4, -0.2) is 20.7 Å². The Morgan fingerprint density at radius 2 is 1.84 bits per heavy atom. The fraction of sp³-hybridized carbons (Fsp3) is 0.348. The summed E-state index contributed by atoms with van der Waals surface area (Å²) in [5.41, 5.74) is 1.64. The quantitative estimate of drug-likeness (QED) is 0.398. The van der Waals surface area contributed by atoms with Gasteiger partial charge in [-0.3, -0.25) is 9.36 Å². The van der Waals surface area contributed by atoms with Crippen molar-refractivity contribution < 1.29 is 9.18 Å². The molecule has 0 saturated heterocycles. The van der Waals surface area contributed by atoms with Gasteiger partial charge in [0, 0.05) is 16.7 Å². The van der Waals surface area contributed by atoms with E-state index in [4.69, 9.17) is 23.2 Å². The molecule has 1 aliphatic rings. The third-order valence-corrected chi connectivity index (χ3v) is 7.07. The zero-order chi connectivity index (χ0) is 22.5. The van der Waals surface area contributed by atoms with Crippen LogP contribution in [-0.2, 0) is 17.1 Å². The van der Waals surface area contributed by atoms with Crippen LogP contribution in [0.1, 0.15) is 43.5 Å². The lowest BCUT2D eigenvalue weighted by Gasteiger charge is -2.20. The van der Waals surface area contributed by atoms with E-state index in [-0.39, 0.29) is 24.2 Å². The molecule has 2 aromatic carbocycles. The summed E-state index contributed by atoms with van der Waals surface area (Å²) in [6, 6.07) is 11.6. The van der Waals surface area contributed by atoms with Crippen molar-refractivity contribution in [2.75, 3.05) is 0 Å². The molecule has 1 N–H and O–H groups in total. The van der Waals surface area contributed by atoms with E-state index in [1.807, 2.05) is 10.6 Å². The standard InChI is InChI=1S/C23H23Cl2FN4OS/c24-17-8-11-20(19(25)12-17)30-21(13-27-22(31)16-4-2-1-3-5-16)28-29-23(30)32-14-15-6-9-18(26)10-7-15/h6-12,16H,1-5,13-14H2,(H,27,31). The Morgan fingerprint density at radius 3 is 2.56 bits per heavy atom. The van der Waals surface area contributed by atoms with Crippen molar-refractivity contribution in [3.8, 4) is 5.69 Å². The first-order valence-corrected chi connectivity index (χ1v) is 12.3. The van der Waals surface area contributed by atoms with Crippen LogP contribution in [0.5, 0.6) is 0 Å². The topological polar surface area (TPSA) is 59.8 Å². The Labute approximate surface area is 200 Å². The molecule has 9 heteroatoms. The molecular formula is C23H23Cl2FN4OS. The van der Waals surface area contributed by atoms with Gasteiger partial charge in [0.2, 0.25) is 5.91 Å². The van der Waals surface area contributed by atoms with Gasteiger partial charge in [-0.1, -0.05) is 66.4 Å². The largest absolute Gasteiger partial charge is 0.349 e. The Hall–Kier alpha value is -2.09. The summed E-state index contributed by atoms with van der Waals surface area (Å²) >= 11 is 14.0. The van der Waals surface area contributed by atoms with Crippen molar-refractivity contribution in [1.29, 1.82) is 0 Å². The number of hydrogen-bond donors (Lipinski definition) is 1. The number of halogens is 3. The number of nitrogens with one attached hydrogen (secondary N) is 1. The number of hydrogen-bond acceptors (Lipinski definition) is 4. The highest BCUT2D eigenvalue weighted by atomic mass is 35.5. The molecule has 0 atom stereocenters. The summed E-state index contributed by atoms with van der Waals surface area (Å²) in [7, 11) is 0. The minimum Gasteiger partial charge on any atom is -0.349 e. The predicted molar refractivity (Wildman–Crippen MR) is 126 cm³/mol. The van der Waals surface area contributed by atoms with E-state index < -0.39 is 0 Å². The molecule has 0 spiro atoms. The lowest BCUT2D eigenvalue weighted by atomic mass is 9.89. The van der Waals surface area contributed by atoms with Gasteiger partial charge < -0.3 is 5.32 Å². The third kappa shape index (κ3) is 5.63.